The topological polar surface area (TPSA) is 104 Å². The van der Waals surface area contributed by atoms with E-state index in [9.17, 15) is 8.42 Å². The van der Waals surface area contributed by atoms with Gasteiger partial charge in [-0.25, -0.2) is 8.42 Å². The smallest absolute Gasteiger partial charge is 0.243 e. The van der Waals surface area contributed by atoms with Crippen molar-refractivity contribution in [3.63, 3.8) is 0 Å². The predicted molar refractivity (Wildman–Crippen MR) is 73.8 cm³/mol. The van der Waals surface area contributed by atoms with Gasteiger partial charge in [-0.1, -0.05) is 23.2 Å². The number of rotatable bonds is 6. The zero-order valence-electron chi connectivity index (χ0n) is 9.88. The van der Waals surface area contributed by atoms with Gasteiger partial charge in [-0.15, -0.1) is 0 Å². The molecule has 1 rings (SSSR count). The van der Waals surface area contributed by atoms with Crippen LogP contribution in [0.3, 0.4) is 0 Å². The summed E-state index contributed by atoms with van der Waals surface area (Å²) in [4.78, 5) is -0.140. The van der Waals surface area contributed by atoms with Gasteiger partial charge in [0.2, 0.25) is 10.0 Å². The van der Waals surface area contributed by atoms with Gasteiger partial charge in [-0.05, 0) is 12.1 Å². The lowest BCUT2D eigenvalue weighted by molar-refractivity contribution is 0.217. The van der Waals surface area contributed by atoms with Crippen LogP contribution in [-0.4, -0.2) is 49.2 Å². The van der Waals surface area contributed by atoms with Gasteiger partial charge in [-0.2, -0.15) is 4.31 Å². The van der Waals surface area contributed by atoms with Crippen molar-refractivity contribution in [3.05, 3.63) is 22.2 Å². The summed E-state index contributed by atoms with van der Waals surface area (Å²) in [6.07, 6.45) is 0. The Morgan fingerprint density at radius 2 is 1.53 bits per heavy atom. The van der Waals surface area contributed by atoms with Gasteiger partial charge in [0, 0.05) is 13.1 Å². The van der Waals surface area contributed by atoms with Crippen LogP contribution in [0, 0.1) is 0 Å². The summed E-state index contributed by atoms with van der Waals surface area (Å²) in [7, 11) is -3.90. The van der Waals surface area contributed by atoms with E-state index in [1.54, 1.807) is 0 Å². The van der Waals surface area contributed by atoms with Crippen molar-refractivity contribution in [1.82, 2.24) is 4.31 Å². The monoisotopic (exact) mass is 328 g/mol. The normalized spacial score (nSPS) is 12.1. The van der Waals surface area contributed by atoms with Gasteiger partial charge in [0.25, 0.3) is 0 Å². The number of benzene rings is 1. The summed E-state index contributed by atoms with van der Waals surface area (Å²) in [5, 5.41) is 17.8. The van der Waals surface area contributed by atoms with Crippen molar-refractivity contribution >= 4 is 38.9 Å². The first-order chi connectivity index (χ1) is 8.84. The van der Waals surface area contributed by atoms with E-state index in [1.165, 1.54) is 12.1 Å². The van der Waals surface area contributed by atoms with E-state index in [2.05, 4.69) is 0 Å². The third-order valence-corrected chi connectivity index (χ3v) is 4.89. The number of hydrogen-bond donors (Lipinski definition) is 3. The standard InChI is InChI=1S/C10H14Cl2N2O4S/c11-8-5-7(6-9(12)10(8)13)19(17,18)14(1-3-15)2-4-16/h5-6,15-16H,1-4,13H2. The molecule has 0 aromatic heterocycles. The largest absolute Gasteiger partial charge is 0.396 e. The number of hydrogen-bond acceptors (Lipinski definition) is 5. The summed E-state index contributed by atoms with van der Waals surface area (Å²) in [6, 6.07) is 2.36. The lowest BCUT2D eigenvalue weighted by Gasteiger charge is -2.20. The van der Waals surface area contributed by atoms with Crippen LogP contribution in [0.15, 0.2) is 17.0 Å². The van der Waals surface area contributed by atoms with Crippen LogP contribution in [0.4, 0.5) is 5.69 Å². The average Bonchev–Trinajstić information content (AvgIpc) is 2.35. The van der Waals surface area contributed by atoms with Gasteiger partial charge in [0.05, 0.1) is 33.8 Å². The maximum Gasteiger partial charge on any atom is 0.243 e. The molecule has 1 aromatic carbocycles. The number of halogens is 2. The summed E-state index contributed by atoms with van der Waals surface area (Å²) < 4.78 is 25.5. The molecule has 0 aliphatic heterocycles. The van der Waals surface area contributed by atoms with E-state index >= 15 is 0 Å². The zero-order valence-corrected chi connectivity index (χ0v) is 12.2. The second kappa shape index (κ2) is 6.74. The van der Waals surface area contributed by atoms with Crippen LogP contribution < -0.4 is 5.73 Å². The Labute approximate surface area is 121 Å². The minimum absolute atomic E-state index is 0.0269. The fourth-order valence-corrected chi connectivity index (χ4v) is 3.53. The number of aliphatic hydroxyl groups excluding tert-OH is 2. The molecule has 0 atom stereocenters. The lowest BCUT2D eigenvalue weighted by atomic mass is 10.3. The molecule has 9 heteroatoms. The fourth-order valence-electron chi connectivity index (χ4n) is 1.43. The Kier molecular flexibility index (Phi) is 5.84. The highest BCUT2D eigenvalue weighted by Gasteiger charge is 2.25. The summed E-state index contributed by atoms with van der Waals surface area (Å²) in [5.41, 5.74) is 5.63. The fraction of sp³-hybridized carbons (Fsp3) is 0.400. The number of nitrogens with two attached hydrogens (primary N) is 1. The molecular weight excluding hydrogens is 315 g/mol. The molecule has 0 saturated heterocycles. The van der Waals surface area contributed by atoms with Crippen LogP contribution in [0.25, 0.3) is 0 Å². The molecule has 6 nitrogen and oxygen atoms in total. The highest BCUT2D eigenvalue weighted by atomic mass is 35.5. The van der Waals surface area contributed by atoms with Gasteiger partial charge < -0.3 is 15.9 Å². The average molecular weight is 329 g/mol. The van der Waals surface area contributed by atoms with Crippen LogP contribution in [0.5, 0.6) is 0 Å². The van der Waals surface area contributed by atoms with Crippen LogP contribution in [0.2, 0.25) is 10.0 Å². The predicted octanol–water partition coefficient (Wildman–Crippen LogP) is 0.551. The van der Waals surface area contributed by atoms with Crippen molar-refractivity contribution in [2.24, 2.45) is 0 Å². The van der Waals surface area contributed by atoms with Crippen LogP contribution in [-0.2, 0) is 10.0 Å². The molecule has 19 heavy (non-hydrogen) atoms. The van der Waals surface area contributed by atoms with E-state index < -0.39 is 10.0 Å². The van der Waals surface area contributed by atoms with E-state index in [4.69, 9.17) is 39.1 Å². The van der Waals surface area contributed by atoms with Crippen molar-refractivity contribution in [2.45, 2.75) is 4.90 Å². The molecular formula is C10H14Cl2N2O4S. The Hall–Kier alpha value is -0.570. The molecule has 0 aliphatic rings. The number of aliphatic hydroxyl groups is 2. The highest BCUT2D eigenvalue weighted by Crippen LogP contribution is 2.31. The molecule has 1 aromatic rings. The van der Waals surface area contributed by atoms with Gasteiger partial charge in [-0.3, -0.25) is 0 Å². The lowest BCUT2D eigenvalue weighted by Crippen LogP contribution is -2.35. The number of sulfonamides is 1. The van der Waals surface area contributed by atoms with E-state index in [-0.39, 0.29) is 46.9 Å². The Balaban J connectivity index is 3.25. The maximum atomic E-state index is 12.3. The molecule has 108 valence electrons. The van der Waals surface area contributed by atoms with E-state index in [1.807, 2.05) is 0 Å². The second-order valence-corrected chi connectivity index (χ2v) is 6.40. The summed E-state index contributed by atoms with van der Waals surface area (Å²) in [5.74, 6) is 0. The molecule has 0 radical (unpaired) electrons. The van der Waals surface area contributed by atoms with Crippen molar-refractivity contribution in [3.8, 4) is 0 Å². The summed E-state index contributed by atoms with van der Waals surface area (Å²) in [6.45, 7) is -1.00. The van der Waals surface area contributed by atoms with Crippen LogP contribution in [0.1, 0.15) is 0 Å². The Morgan fingerprint density at radius 3 is 1.89 bits per heavy atom. The molecule has 0 saturated carbocycles. The molecule has 0 amide bonds. The quantitative estimate of drug-likeness (QED) is 0.661. The maximum absolute atomic E-state index is 12.3. The number of nitrogens with zero attached hydrogens (tertiary/aromatic N) is 1. The van der Waals surface area contributed by atoms with Gasteiger partial charge >= 0.3 is 0 Å². The first kappa shape index (κ1) is 16.5. The molecule has 0 fully saturated rings. The molecule has 4 N–H and O–H groups in total. The minimum atomic E-state index is -3.90. The number of nitrogen functional groups attached to an aromatic ring is 1. The zero-order chi connectivity index (χ0) is 14.6. The second-order valence-electron chi connectivity index (χ2n) is 3.65. The third-order valence-electron chi connectivity index (χ3n) is 2.39. The first-order valence-electron chi connectivity index (χ1n) is 5.31. The van der Waals surface area contributed by atoms with Crippen molar-refractivity contribution < 1.29 is 18.6 Å². The van der Waals surface area contributed by atoms with Gasteiger partial charge in [0.1, 0.15) is 0 Å². The SMILES string of the molecule is Nc1c(Cl)cc(S(=O)(=O)N(CCO)CCO)cc1Cl. The molecule has 0 aliphatic carbocycles. The molecule has 0 bridgehead atoms. The Bertz CT molecular complexity index is 521. The van der Waals surface area contributed by atoms with Crippen molar-refractivity contribution in [1.29, 1.82) is 0 Å². The van der Waals surface area contributed by atoms with E-state index in [0.29, 0.717) is 0 Å². The minimum Gasteiger partial charge on any atom is -0.396 e. The summed E-state index contributed by atoms with van der Waals surface area (Å²) >= 11 is 11.6. The van der Waals surface area contributed by atoms with Crippen LogP contribution >= 0.6 is 23.2 Å². The molecule has 0 unspecified atom stereocenters. The Morgan fingerprint density at radius 1 is 1.11 bits per heavy atom. The molecule has 0 heterocycles. The van der Waals surface area contributed by atoms with Gasteiger partial charge in [0.15, 0.2) is 0 Å². The van der Waals surface area contributed by atoms with Crippen molar-refractivity contribution in [2.75, 3.05) is 32.0 Å². The highest BCUT2D eigenvalue weighted by molar-refractivity contribution is 7.89. The third kappa shape index (κ3) is 3.71. The number of anilines is 1. The first-order valence-corrected chi connectivity index (χ1v) is 7.50. The van der Waals surface area contributed by atoms with E-state index in [0.717, 1.165) is 4.31 Å². The molecule has 0 spiro atoms.